The van der Waals surface area contributed by atoms with Gasteiger partial charge in [0.1, 0.15) is 12.1 Å². The average molecular weight is 332 g/mol. The van der Waals surface area contributed by atoms with E-state index in [0.29, 0.717) is 49.2 Å². The van der Waals surface area contributed by atoms with Crippen LogP contribution in [0.5, 0.6) is 0 Å². The minimum atomic E-state index is -3.21. The topological polar surface area (TPSA) is 97.0 Å². The van der Waals surface area contributed by atoms with Crippen LogP contribution < -0.4 is 9.62 Å². The van der Waals surface area contributed by atoms with Gasteiger partial charge in [-0.25, -0.2) is 13.1 Å². The Morgan fingerprint density at radius 3 is 2.26 bits per heavy atom. The summed E-state index contributed by atoms with van der Waals surface area (Å²) in [4.78, 5) is 2.00. The lowest BCUT2D eigenvalue weighted by Crippen LogP contribution is -2.45. The summed E-state index contributed by atoms with van der Waals surface area (Å²) in [5, 5.41) is 18.5. The molecule has 1 aromatic carbocycles. The Bertz CT molecular complexity index is 706. The van der Waals surface area contributed by atoms with Gasteiger partial charge < -0.3 is 4.90 Å². The maximum Gasteiger partial charge on any atom is 0.211 e. The van der Waals surface area contributed by atoms with Gasteiger partial charge in [0, 0.05) is 19.1 Å². The molecule has 1 heterocycles. The highest BCUT2D eigenvalue weighted by molar-refractivity contribution is 7.89. The lowest BCUT2D eigenvalue weighted by Gasteiger charge is -2.34. The molecule has 1 N–H and O–H groups in total. The first-order valence-electron chi connectivity index (χ1n) is 7.69. The summed E-state index contributed by atoms with van der Waals surface area (Å²) in [5.74, 6) is 0.142. The lowest BCUT2D eigenvalue weighted by atomic mass is 10.0. The number of nitriles is 2. The second kappa shape index (κ2) is 7.45. The molecule has 0 aliphatic carbocycles. The van der Waals surface area contributed by atoms with Gasteiger partial charge in [-0.05, 0) is 31.4 Å². The Morgan fingerprint density at radius 1 is 1.22 bits per heavy atom. The molecular weight excluding hydrogens is 312 g/mol. The molecule has 2 rings (SSSR count). The van der Waals surface area contributed by atoms with Crippen LogP contribution in [0.2, 0.25) is 0 Å². The largest absolute Gasteiger partial charge is 0.369 e. The highest BCUT2D eigenvalue weighted by Gasteiger charge is 2.25. The molecule has 0 saturated carbocycles. The summed E-state index contributed by atoms with van der Waals surface area (Å²) < 4.78 is 26.4. The molecule has 7 heteroatoms. The molecule has 1 fully saturated rings. The molecule has 0 spiro atoms. The number of nitrogens with zero attached hydrogens (tertiary/aromatic N) is 3. The molecule has 0 radical (unpaired) electrons. The van der Waals surface area contributed by atoms with E-state index in [0.717, 1.165) is 0 Å². The molecular formula is C16H20N4O2S. The van der Waals surface area contributed by atoms with Crippen molar-refractivity contribution in [2.45, 2.75) is 32.2 Å². The number of anilines is 1. The van der Waals surface area contributed by atoms with E-state index in [1.54, 1.807) is 18.2 Å². The smallest absolute Gasteiger partial charge is 0.211 e. The second-order valence-electron chi connectivity index (χ2n) is 5.62. The number of rotatable bonds is 5. The van der Waals surface area contributed by atoms with Gasteiger partial charge in [-0.1, -0.05) is 13.0 Å². The zero-order chi connectivity index (χ0) is 16.9. The first kappa shape index (κ1) is 17.3. The van der Waals surface area contributed by atoms with Crippen molar-refractivity contribution in [3.8, 4) is 12.1 Å². The summed E-state index contributed by atoms with van der Waals surface area (Å²) in [6.07, 6.45) is 1.91. The summed E-state index contributed by atoms with van der Waals surface area (Å²) in [6, 6.07) is 9.28. The van der Waals surface area contributed by atoms with E-state index < -0.39 is 10.0 Å². The van der Waals surface area contributed by atoms with E-state index in [1.165, 1.54) is 0 Å². The van der Waals surface area contributed by atoms with Crippen LogP contribution in [0, 0.1) is 22.7 Å². The molecule has 1 aliphatic heterocycles. The van der Waals surface area contributed by atoms with Crippen molar-refractivity contribution in [1.29, 1.82) is 10.5 Å². The van der Waals surface area contributed by atoms with E-state index in [2.05, 4.69) is 16.9 Å². The fourth-order valence-electron chi connectivity index (χ4n) is 2.87. The number of hydrogen-bond acceptors (Lipinski definition) is 5. The lowest BCUT2D eigenvalue weighted by molar-refractivity contribution is 0.459. The molecule has 6 nitrogen and oxygen atoms in total. The maximum absolute atomic E-state index is 11.8. The van der Waals surface area contributed by atoms with Crippen LogP contribution in [0.15, 0.2) is 18.2 Å². The van der Waals surface area contributed by atoms with Crippen LogP contribution in [0.3, 0.4) is 0 Å². The number of sulfonamides is 1. The minimum absolute atomic E-state index is 0.0809. The minimum Gasteiger partial charge on any atom is -0.369 e. The third-order valence-electron chi connectivity index (χ3n) is 3.91. The van der Waals surface area contributed by atoms with Crippen molar-refractivity contribution >= 4 is 15.7 Å². The predicted octanol–water partition coefficient (Wildman–Crippen LogP) is 1.73. The SMILES string of the molecule is CCCS(=O)(=O)NC1CCN(c2c(C#N)cccc2C#N)CC1. The van der Waals surface area contributed by atoms with Gasteiger partial charge in [0.05, 0.1) is 22.6 Å². The highest BCUT2D eigenvalue weighted by atomic mass is 32.2. The fourth-order valence-corrected chi connectivity index (χ4v) is 4.27. The van der Waals surface area contributed by atoms with Crippen molar-refractivity contribution in [3.63, 3.8) is 0 Å². The van der Waals surface area contributed by atoms with E-state index in [-0.39, 0.29) is 11.8 Å². The van der Waals surface area contributed by atoms with Gasteiger partial charge in [0.25, 0.3) is 0 Å². The van der Waals surface area contributed by atoms with Crippen LogP contribution in [0.4, 0.5) is 5.69 Å². The molecule has 0 bridgehead atoms. The molecule has 0 atom stereocenters. The van der Waals surface area contributed by atoms with Gasteiger partial charge in [-0.2, -0.15) is 10.5 Å². The van der Waals surface area contributed by atoms with Gasteiger partial charge >= 0.3 is 0 Å². The Hall–Kier alpha value is -2.09. The average Bonchev–Trinajstić information content (AvgIpc) is 2.54. The highest BCUT2D eigenvalue weighted by Crippen LogP contribution is 2.27. The zero-order valence-electron chi connectivity index (χ0n) is 13.1. The van der Waals surface area contributed by atoms with Crippen LogP contribution in [-0.4, -0.2) is 33.3 Å². The number of benzene rings is 1. The van der Waals surface area contributed by atoms with E-state index in [1.807, 2.05) is 11.8 Å². The van der Waals surface area contributed by atoms with Crippen molar-refractivity contribution in [3.05, 3.63) is 29.3 Å². The summed E-state index contributed by atoms with van der Waals surface area (Å²) in [7, 11) is -3.21. The predicted molar refractivity (Wildman–Crippen MR) is 88.3 cm³/mol. The summed E-state index contributed by atoms with van der Waals surface area (Å²) in [6.45, 7) is 3.07. The van der Waals surface area contributed by atoms with Crippen LogP contribution in [0.1, 0.15) is 37.3 Å². The third kappa shape index (κ3) is 4.22. The van der Waals surface area contributed by atoms with Crippen LogP contribution in [0.25, 0.3) is 0 Å². The van der Waals surface area contributed by atoms with Crippen LogP contribution in [-0.2, 0) is 10.0 Å². The number of hydrogen-bond donors (Lipinski definition) is 1. The van der Waals surface area contributed by atoms with Crippen LogP contribution >= 0.6 is 0 Å². The molecule has 122 valence electrons. The standard InChI is InChI=1S/C16H20N4O2S/c1-2-10-23(21,22)19-15-6-8-20(9-7-15)16-13(11-17)4-3-5-14(16)12-18/h3-5,15,19H,2,6-10H2,1H3. The van der Waals surface area contributed by atoms with Gasteiger partial charge in [-0.3, -0.25) is 0 Å². The van der Waals surface area contributed by atoms with Crippen molar-refractivity contribution in [2.75, 3.05) is 23.7 Å². The molecule has 23 heavy (non-hydrogen) atoms. The Morgan fingerprint density at radius 2 is 1.78 bits per heavy atom. The number of piperidine rings is 1. The zero-order valence-corrected chi connectivity index (χ0v) is 13.9. The normalized spacial score (nSPS) is 15.9. The quantitative estimate of drug-likeness (QED) is 0.885. The molecule has 0 aromatic heterocycles. The van der Waals surface area contributed by atoms with E-state index in [9.17, 15) is 18.9 Å². The Labute approximate surface area is 137 Å². The fraction of sp³-hybridized carbons (Fsp3) is 0.500. The third-order valence-corrected chi connectivity index (χ3v) is 5.55. The molecule has 0 unspecified atom stereocenters. The number of nitrogens with one attached hydrogen (secondary N) is 1. The summed E-state index contributed by atoms with van der Waals surface area (Å²) in [5.41, 5.74) is 1.62. The first-order valence-corrected chi connectivity index (χ1v) is 9.34. The van der Waals surface area contributed by atoms with E-state index in [4.69, 9.17) is 0 Å². The van der Waals surface area contributed by atoms with Gasteiger partial charge in [0.15, 0.2) is 0 Å². The second-order valence-corrected chi connectivity index (χ2v) is 7.50. The van der Waals surface area contributed by atoms with Crippen molar-refractivity contribution in [2.24, 2.45) is 0 Å². The van der Waals surface area contributed by atoms with Gasteiger partial charge in [-0.15, -0.1) is 0 Å². The number of para-hydroxylation sites is 1. The van der Waals surface area contributed by atoms with Crippen molar-refractivity contribution in [1.82, 2.24) is 4.72 Å². The monoisotopic (exact) mass is 332 g/mol. The summed E-state index contributed by atoms with van der Waals surface area (Å²) >= 11 is 0. The maximum atomic E-state index is 11.8. The molecule has 0 amide bonds. The van der Waals surface area contributed by atoms with Gasteiger partial charge in [0.2, 0.25) is 10.0 Å². The van der Waals surface area contributed by atoms with E-state index >= 15 is 0 Å². The first-order chi connectivity index (χ1) is 11.0. The molecule has 1 aromatic rings. The Balaban J connectivity index is 2.09. The Kier molecular flexibility index (Phi) is 5.59. The molecule has 1 saturated heterocycles. The molecule has 1 aliphatic rings. The van der Waals surface area contributed by atoms with Crippen molar-refractivity contribution < 1.29 is 8.42 Å².